The van der Waals surface area contributed by atoms with E-state index in [2.05, 4.69) is 39.2 Å². The van der Waals surface area contributed by atoms with Crippen LogP contribution in [0.3, 0.4) is 0 Å². The number of hydrogen-bond donors (Lipinski definition) is 0. The zero-order valence-corrected chi connectivity index (χ0v) is 9.97. The van der Waals surface area contributed by atoms with Crippen LogP contribution >= 0.6 is 0 Å². The van der Waals surface area contributed by atoms with Gasteiger partial charge >= 0.3 is 0 Å². The van der Waals surface area contributed by atoms with Crippen molar-refractivity contribution in [1.29, 1.82) is 0 Å². The minimum atomic E-state index is 0.829. The highest BCUT2D eigenvalue weighted by Gasteiger charge is 2.17. The molecule has 2 atom stereocenters. The van der Waals surface area contributed by atoms with Gasteiger partial charge in [-0.05, 0) is 24.7 Å². The fourth-order valence-corrected chi connectivity index (χ4v) is 2.26. The highest BCUT2D eigenvalue weighted by atomic mass is 14.2. The summed E-state index contributed by atoms with van der Waals surface area (Å²) in [4.78, 5) is 0. The molecule has 2 unspecified atom stereocenters. The van der Waals surface area contributed by atoms with E-state index in [0.29, 0.717) is 0 Å². The number of hydrogen-bond acceptors (Lipinski definition) is 0. The van der Waals surface area contributed by atoms with Crippen LogP contribution in [0.4, 0.5) is 0 Å². The fraction of sp³-hybridized carbons (Fsp3) is 0.714. The van der Waals surface area contributed by atoms with Crippen LogP contribution in [0, 0.1) is 11.8 Å². The molecule has 0 radical (unpaired) electrons. The van der Waals surface area contributed by atoms with E-state index >= 15 is 0 Å². The van der Waals surface area contributed by atoms with Gasteiger partial charge in [-0.3, -0.25) is 0 Å². The van der Waals surface area contributed by atoms with Crippen LogP contribution in [0.25, 0.3) is 0 Å². The third-order valence-corrected chi connectivity index (χ3v) is 2.92. The molecule has 0 rings (SSSR count). The minimum Gasteiger partial charge on any atom is -0.103 e. The van der Waals surface area contributed by atoms with Crippen LogP contribution in [0.1, 0.15) is 52.4 Å². The Bertz CT molecular complexity index is 128. The van der Waals surface area contributed by atoms with E-state index in [1.807, 2.05) is 0 Å². The minimum absolute atomic E-state index is 0.829. The summed E-state index contributed by atoms with van der Waals surface area (Å²) in [5, 5.41) is 0. The molecule has 0 saturated heterocycles. The molecule has 0 aliphatic rings. The maximum absolute atomic E-state index is 3.86. The molecule has 0 aromatic heterocycles. The van der Waals surface area contributed by atoms with Gasteiger partial charge in [0.1, 0.15) is 0 Å². The Balaban J connectivity index is 4.19. The van der Waals surface area contributed by atoms with E-state index in [4.69, 9.17) is 0 Å². The molecule has 0 bridgehead atoms. The molecule has 14 heavy (non-hydrogen) atoms. The predicted octanol–water partition coefficient (Wildman–Crippen LogP) is 4.97. The molecule has 0 aromatic carbocycles. The smallest absolute Gasteiger partial charge is 0.0322 e. The van der Waals surface area contributed by atoms with Crippen molar-refractivity contribution in [2.45, 2.75) is 52.4 Å². The van der Waals surface area contributed by atoms with Gasteiger partial charge in [0.05, 0.1) is 0 Å². The molecule has 0 aliphatic heterocycles. The lowest BCUT2D eigenvalue weighted by molar-refractivity contribution is 0.294. The first-order chi connectivity index (χ1) is 6.79. The highest BCUT2D eigenvalue weighted by Crippen LogP contribution is 2.28. The molecule has 0 heteroatoms. The van der Waals surface area contributed by atoms with Gasteiger partial charge in [0.15, 0.2) is 0 Å². The molecule has 0 spiro atoms. The first-order valence-corrected chi connectivity index (χ1v) is 6.01. The highest BCUT2D eigenvalue weighted by molar-refractivity contribution is 4.82. The zero-order chi connectivity index (χ0) is 10.8. The Kier molecular flexibility index (Phi) is 8.72. The summed E-state index contributed by atoms with van der Waals surface area (Å²) in [5.41, 5.74) is 0. The molecule has 0 saturated carbocycles. The number of allylic oxidation sites excluding steroid dienone is 2. The Hall–Kier alpha value is -0.520. The monoisotopic (exact) mass is 194 g/mol. The van der Waals surface area contributed by atoms with Crippen LogP contribution in [0.2, 0.25) is 0 Å². The summed E-state index contributed by atoms with van der Waals surface area (Å²) in [6, 6.07) is 0. The van der Waals surface area contributed by atoms with Crippen LogP contribution in [-0.2, 0) is 0 Å². The van der Waals surface area contributed by atoms with E-state index in [1.54, 1.807) is 0 Å². The molecule has 0 N–H and O–H groups in total. The third kappa shape index (κ3) is 5.26. The van der Waals surface area contributed by atoms with E-state index in [1.165, 1.54) is 38.5 Å². The molecule has 82 valence electrons. The summed E-state index contributed by atoms with van der Waals surface area (Å²) in [5.74, 6) is 1.66. The van der Waals surface area contributed by atoms with E-state index in [9.17, 15) is 0 Å². The molecule has 0 aromatic rings. The van der Waals surface area contributed by atoms with Crippen molar-refractivity contribution in [3.8, 4) is 0 Å². The lowest BCUT2D eigenvalue weighted by Crippen LogP contribution is -2.13. The molecular formula is C14H26. The fourth-order valence-electron chi connectivity index (χ4n) is 2.26. The van der Waals surface area contributed by atoms with E-state index in [0.717, 1.165) is 11.8 Å². The van der Waals surface area contributed by atoms with Crippen molar-refractivity contribution in [2.75, 3.05) is 0 Å². The molecule has 0 fully saturated rings. The first-order valence-electron chi connectivity index (χ1n) is 6.01. The van der Waals surface area contributed by atoms with Crippen molar-refractivity contribution < 1.29 is 0 Å². The lowest BCUT2D eigenvalue weighted by Gasteiger charge is -2.24. The van der Waals surface area contributed by atoms with Crippen molar-refractivity contribution >= 4 is 0 Å². The second kappa shape index (κ2) is 9.05. The summed E-state index contributed by atoms with van der Waals surface area (Å²) in [6.45, 7) is 12.3. The largest absolute Gasteiger partial charge is 0.103 e. The van der Waals surface area contributed by atoms with Crippen molar-refractivity contribution in [1.82, 2.24) is 0 Å². The second-order valence-corrected chi connectivity index (χ2v) is 4.15. The van der Waals surface area contributed by atoms with Crippen LogP contribution in [-0.4, -0.2) is 0 Å². The average molecular weight is 194 g/mol. The van der Waals surface area contributed by atoms with Crippen molar-refractivity contribution in [3.05, 3.63) is 25.3 Å². The van der Waals surface area contributed by atoms with Gasteiger partial charge in [0, 0.05) is 0 Å². The number of rotatable bonds is 9. The predicted molar refractivity (Wildman–Crippen MR) is 66.4 cm³/mol. The Labute approximate surface area is 90.1 Å². The van der Waals surface area contributed by atoms with Crippen LogP contribution in [0.15, 0.2) is 25.3 Å². The molecule has 0 aliphatic carbocycles. The maximum Gasteiger partial charge on any atom is -0.0322 e. The van der Waals surface area contributed by atoms with E-state index < -0.39 is 0 Å². The van der Waals surface area contributed by atoms with Gasteiger partial charge in [-0.25, -0.2) is 0 Å². The Morgan fingerprint density at radius 3 is 1.43 bits per heavy atom. The normalized spacial score (nSPS) is 14.7. The van der Waals surface area contributed by atoms with Gasteiger partial charge in [-0.2, -0.15) is 0 Å². The maximum atomic E-state index is 3.86. The summed E-state index contributed by atoms with van der Waals surface area (Å²) < 4.78 is 0. The van der Waals surface area contributed by atoms with Gasteiger partial charge < -0.3 is 0 Å². The summed E-state index contributed by atoms with van der Waals surface area (Å²) >= 11 is 0. The van der Waals surface area contributed by atoms with Gasteiger partial charge in [0.2, 0.25) is 0 Å². The molecular weight excluding hydrogens is 168 g/mol. The van der Waals surface area contributed by atoms with Gasteiger partial charge in [-0.1, -0.05) is 51.7 Å². The molecule has 0 nitrogen and oxygen atoms in total. The SMILES string of the molecule is C=CCC(CCC)C(CC=C)CCC. The van der Waals surface area contributed by atoms with Crippen LogP contribution in [0.5, 0.6) is 0 Å². The quantitative estimate of drug-likeness (QED) is 0.454. The Morgan fingerprint density at radius 1 is 0.857 bits per heavy atom. The molecule has 0 heterocycles. The van der Waals surface area contributed by atoms with E-state index in [-0.39, 0.29) is 0 Å². The molecule has 0 amide bonds. The summed E-state index contributed by atoms with van der Waals surface area (Å²) in [6.07, 6.45) is 11.7. The standard InChI is InChI=1S/C14H26/c1-5-9-13(10-6-2)14(11-7-3)12-8-4/h5,7,13-14H,1,3,6,8-12H2,2,4H3. The van der Waals surface area contributed by atoms with Gasteiger partial charge in [-0.15, -0.1) is 13.2 Å². The van der Waals surface area contributed by atoms with Gasteiger partial charge in [0.25, 0.3) is 0 Å². The third-order valence-electron chi connectivity index (χ3n) is 2.92. The lowest BCUT2D eigenvalue weighted by atomic mass is 9.81. The zero-order valence-electron chi connectivity index (χ0n) is 9.97. The average Bonchev–Trinajstić information content (AvgIpc) is 2.17. The van der Waals surface area contributed by atoms with Crippen molar-refractivity contribution in [2.24, 2.45) is 11.8 Å². The Morgan fingerprint density at radius 2 is 1.21 bits per heavy atom. The first kappa shape index (κ1) is 13.5. The second-order valence-electron chi connectivity index (χ2n) is 4.15. The topological polar surface area (TPSA) is 0 Å². The van der Waals surface area contributed by atoms with Crippen LogP contribution < -0.4 is 0 Å². The van der Waals surface area contributed by atoms with Crippen molar-refractivity contribution in [3.63, 3.8) is 0 Å². The summed E-state index contributed by atoms with van der Waals surface area (Å²) in [7, 11) is 0.